The van der Waals surface area contributed by atoms with Gasteiger partial charge in [-0.2, -0.15) is 0 Å². The number of hydrogen-bond acceptors (Lipinski definition) is 3. The van der Waals surface area contributed by atoms with Crippen molar-refractivity contribution in [2.24, 2.45) is 0 Å². The summed E-state index contributed by atoms with van der Waals surface area (Å²) in [7, 11) is 2.13. The lowest BCUT2D eigenvalue weighted by atomic mass is 10.0. The lowest BCUT2D eigenvalue weighted by Crippen LogP contribution is -2.41. The van der Waals surface area contributed by atoms with Gasteiger partial charge in [-0.25, -0.2) is 4.98 Å². The first-order valence-electron chi connectivity index (χ1n) is 7.42. The normalized spacial score (nSPS) is 20.0. The van der Waals surface area contributed by atoms with Crippen molar-refractivity contribution in [3.8, 4) is 0 Å². The Hall–Kier alpha value is -1.39. The number of benzene rings is 1. The minimum atomic E-state index is 0.00423. The van der Waals surface area contributed by atoms with Crippen LogP contribution in [0, 0.1) is 6.92 Å². The molecule has 0 spiro atoms. The van der Waals surface area contributed by atoms with Gasteiger partial charge >= 0.3 is 0 Å². The molecule has 1 saturated heterocycles. The van der Waals surface area contributed by atoms with Crippen LogP contribution in [-0.2, 0) is 6.54 Å². The molecule has 2 aromatic rings. The molecule has 1 aromatic carbocycles. The summed E-state index contributed by atoms with van der Waals surface area (Å²) in [5.74, 6) is 0. The number of halogens is 1. The van der Waals surface area contributed by atoms with E-state index in [1.165, 1.54) is 12.8 Å². The summed E-state index contributed by atoms with van der Waals surface area (Å²) in [6.45, 7) is 3.73. The Bertz CT molecular complexity index is 725. The molecule has 5 heteroatoms. The molecule has 4 nitrogen and oxygen atoms in total. The molecule has 1 fully saturated rings. The van der Waals surface area contributed by atoms with Crippen LogP contribution >= 0.6 is 11.6 Å². The third-order valence-electron chi connectivity index (χ3n) is 4.41. The highest BCUT2D eigenvalue weighted by molar-refractivity contribution is 6.31. The molecule has 2 heterocycles. The maximum Gasteiger partial charge on any atom is 0.261 e. The zero-order chi connectivity index (χ0) is 15.0. The molecule has 0 radical (unpaired) electrons. The lowest BCUT2D eigenvalue weighted by Gasteiger charge is -2.32. The Morgan fingerprint density at radius 2 is 2.19 bits per heavy atom. The van der Waals surface area contributed by atoms with Gasteiger partial charge in [-0.1, -0.05) is 18.0 Å². The van der Waals surface area contributed by atoms with Crippen molar-refractivity contribution in [3.05, 3.63) is 39.4 Å². The average molecular weight is 306 g/mol. The number of rotatable bonds is 2. The van der Waals surface area contributed by atoms with Crippen molar-refractivity contribution >= 4 is 22.5 Å². The van der Waals surface area contributed by atoms with Gasteiger partial charge in [-0.3, -0.25) is 9.36 Å². The molecule has 0 bridgehead atoms. The zero-order valence-electron chi connectivity index (χ0n) is 12.5. The van der Waals surface area contributed by atoms with Crippen LogP contribution in [0.3, 0.4) is 0 Å². The predicted molar refractivity (Wildman–Crippen MR) is 86.0 cm³/mol. The van der Waals surface area contributed by atoms with Gasteiger partial charge in [0.05, 0.1) is 17.2 Å². The van der Waals surface area contributed by atoms with Crippen LogP contribution in [-0.4, -0.2) is 34.1 Å². The van der Waals surface area contributed by atoms with Crippen LogP contribution in [0.4, 0.5) is 0 Å². The molecule has 0 saturated carbocycles. The molecular weight excluding hydrogens is 286 g/mol. The van der Waals surface area contributed by atoms with E-state index in [4.69, 9.17) is 11.6 Å². The Morgan fingerprint density at radius 3 is 2.95 bits per heavy atom. The fourth-order valence-electron chi connectivity index (χ4n) is 3.14. The topological polar surface area (TPSA) is 38.1 Å². The second-order valence-corrected chi connectivity index (χ2v) is 6.39. The molecule has 3 rings (SSSR count). The monoisotopic (exact) mass is 305 g/mol. The molecule has 1 aliphatic rings. The highest BCUT2D eigenvalue weighted by Gasteiger charge is 2.20. The Labute approximate surface area is 129 Å². The number of aromatic nitrogens is 2. The second-order valence-electron chi connectivity index (χ2n) is 5.95. The van der Waals surface area contributed by atoms with Gasteiger partial charge in [0.15, 0.2) is 0 Å². The van der Waals surface area contributed by atoms with Crippen molar-refractivity contribution in [2.75, 3.05) is 13.6 Å². The van der Waals surface area contributed by atoms with Crippen LogP contribution in [0.15, 0.2) is 23.3 Å². The van der Waals surface area contributed by atoms with E-state index in [1.807, 2.05) is 13.0 Å². The van der Waals surface area contributed by atoms with Crippen molar-refractivity contribution in [1.29, 1.82) is 0 Å². The smallest absolute Gasteiger partial charge is 0.261 e. The fraction of sp³-hybridized carbons (Fsp3) is 0.500. The van der Waals surface area contributed by atoms with Gasteiger partial charge in [0.2, 0.25) is 0 Å². The SMILES string of the molecule is Cc1cc(Cl)cc2c(=O)n(CC3CCCCN3C)cnc12. The van der Waals surface area contributed by atoms with Gasteiger partial charge in [-0.05, 0) is 51.1 Å². The molecule has 0 aliphatic carbocycles. The standard InChI is InChI=1S/C16H20ClN3O/c1-11-7-12(17)8-14-15(11)18-10-20(16(14)21)9-13-5-3-4-6-19(13)2/h7-8,10,13H,3-6,9H2,1-2H3. The van der Waals surface area contributed by atoms with Gasteiger partial charge in [-0.15, -0.1) is 0 Å². The minimum absolute atomic E-state index is 0.00423. The maximum absolute atomic E-state index is 12.7. The lowest BCUT2D eigenvalue weighted by molar-refractivity contribution is 0.166. The van der Waals surface area contributed by atoms with E-state index in [2.05, 4.69) is 16.9 Å². The summed E-state index contributed by atoms with van der Waals surface area (Å²) < 4.78 is 1.73. The van der Waals surface area contributed by atoms with Gasteiger partial charge < -0.3 is 4.90 Å². The van der Waals surface area contributed by atoms with Crippen molar-refractivity contribution in [1.82, 2.24) is 14.5 Å². The number of fused-ring (bicyclic) bond motifs is 1. The van der Waals surface area contributed by atoms with Crippen LogP contribution in [0.5, 0.6) is 0 Å². The molecule has 0 amide bonds. The molecule has 0 N–H and O–H groups in total. The Morgan fingerprint density at radius 1 is 1.38 bits per heavy atom. The van der Waals surface area contributed by atoms with Crippen LogP contribution in [0.25, 0.3) is 10.9 Å². The fourth-order valence-corrected chi connectivity index (χ4v) is 3.41. The summed E-state index contributed by atoms with van der Waals surface area (Å²) in [6.07, 6.45) is 5.28. The van der Waals surface area contributed by atoms with Gasteiger partial charge in [0.25, 0.3) is 5.56 Å². The number of likely N-dealkylation sites (tertiary alicyclic amines) is 1. The number of nitrogens with zero attached hydrogens (tertiary/aromatic N) is 3. The first-order chi connectivity index (χ1) is 10.1. The molecular formula is C16H20ClN3O. The predicted octanol–water partition coefficient (Wildman–Crippen LogP) is 2.84. The summed E-state index contributed by atoms with van der Waals surface area (Å²) in [6, 6.07) is 3.98. The van der Waals surface area contributed by atoms with Gasteiger partial charge in [0, 0.05) is 17.6 Å². The Kier molecular flexibility index (Phi) is 4.00. The highest BCUT2D eigenvalue weighted by Crippen LogP contribution is 2.20. The third-order valence-corrected chi connectivity index (χ3v) is 4.63. The molecule has 1 aliphatic heterocycles. The molecule has 21 heavy (non-hydrogen) atoms. The van der Waals surface area contributed by atoms with Crippen molar-refractivity contribution < 1.29 is 0 Å². The first kappa shape index (κ1) is 14.5. The molecule has 1 atom stereocenters. The maximum atomic E-state index is 12.7. The minimum Gasteiger partial charge on any atom is -0.302 e. The van der Waals surface area contributed by atoms with E-state index in [-0.39, 0.29) is 5.56 Å². The zero-order valence-corrected chi connectivity index (χ0v) is 13.2. The van der Waals surface area contributed by atoms with Crippen molar-refractivity contribution in [3.63, 3.8) is 0 Å². The number of aryl methyl sites for hydroxylation is 1. The van der Waals surface area contributed by atoms with E-state index in [1.54, 1.807) is 17.0 Å². The highest BCUT2D eigenvalue weighted by atomic mass is 35.5. The van der Waals surface area contributed by atoms with Crippen LogP contribution in [0.1, 0.15) is 24.8 Å². The quantitative estimate of drug-likeness (QED) is 0.856. The van der Waals surface area contributed by atoms with E-state index in [0.29, 0.717) is 23.0 Å². The molecule has 1 aromatic heterocycles. The van der Waals surface area contributed by atoms with E-state index in [0.717, 1.165) is 24.0 Å². The summed E-state index contributed by atoms with van der Waals surface area (Å²) in [4.78, 5) is 19.5. The summed E-state index contributed by atoms with van der Waals surface area (Å²) in [5, 5.41) is 1.20. The second kappa shape index (κ2) is 5.78. The van der Waals surface area contributed by atoms with Crippen LogP contribution < -0.4 is 5.56 Å². The van der Waals surface area contributed by atoms with E-state index >= 15 is 0 Å². The van der Waals surface area contributed by atoms with Crippen molar-refractivity contribution in [2.45, 2.75) is 38.8 Å². The van der Waals surface area contributed by atoms with E-state index in [9.17, 15) is 4.79 Å². The summed E-state index contributed by atoms with van der Waals surface area (Å²) in [5.41, 5.74) is 1.69. The Balaban J connectivity index is 2.00. The van der Waals surface area contributed by atoms with Crippen LogP contribution in [0.2, 0.25) is 5.02 Å². The first-order valence-corrected chi connectivity index (χ1v) is 7.79. The largest absolute Gasteiger partial charge is 0.302 e. The number of hydrogen-bond donors (Lipinski definition) is 0. The molecule has 112 valence electrons. The number of likely N-dealkylation sites (N-methyl/N-ethyl adjacent to an activating group) is 1. The number of piperidine rings is 1. The van der Waals surface area contributed by atoms with Gasteiger partial charge in [0.1, 0.15) is 0 Å². The van der Waals surface area contributed by atoms with E-state index < -0.39 is 0 Å². The molecule has 1 unspecified atom stereocenters. The summed E-state index contributed by atoms with van der Waals surface area (Å²) >= 11 is 6.08. The average Bonchev–Trinajstić information content (AvgIpc) is 2.44. The third kappa shape index (κ3) is 2.83.